The molecule has 0 radical (unpaired) electrons. The second kappa shape index (κ2) is 9.10. The fraction of sp³-hybridized carbons (Fsp3) is 0.923. The third kappa shape index (κ3) is 7.69. The van der Waals surface area contributed by atoms with Crippen molar-refractivity contribution in [2.75, 3.05) is 27.0 Å². The Labute approximate surface area is 125 Å². The molecule has 0 aliphatic rings. The molecule has 120 valence electrons. The van der Waals surface area contributed by atoms with Crippen LogP contribution >= 0.6 is 7.60 Å². The summed E-state index contributed by atoms with van der Waals surface area (Å²) in [5, 5.41) is 0.270. The highest BCUT2D eigenvalue weighted by molar-refractivity contribution is 7.54. The largest absolute Gasteiger partial charge is 0.423 e. The molecule has 0 heterocycles. The highest BCUT2D eigenvalue weighted by Gasteiger charge is 2.25. The molecule has 7 heteroatoms. The van der Waals surface area contributed by atoms with Crippen LogP contribution in [0.4, 0.5) is 0 Å². The molecule has 5 nitrogen and oxygen atoms in total. The van der Waals surface area contributed by atoms with Crippen LogP contribution in [-0.4, -0.2) is 42.5 Å². The molecule has 0 amide bonds. The number of carbonyl (C=O) groups excluding carboxylic acids is 1. The predicted molar refractivity (Wildman–Crippen MR) is 84.1 cm³/mol. The maximum atomic E-state index is 11.8. The second-order valence-corrected chi connectivity index (χ2v) is 10.8. The van der Waals surface area contributed by atoms with Crippen LogP contribution in [0.2, 0.25) is 5.04 Å². The maximum Gasteiger partial charge on any atom is 0.337 e. The lowest BCUT2D eigenvalue weighted by Crippen LogP contribution is -2.22. The minimum atomic E-state index is -3.21. The van der Waals surface area contributed by atoms with Crippen LogP contribution in [0.3, 0.4) is 0 Å². The fourth-order valence-corrected chi connectivity index (χ4v) is 3.58. The van der Waals surface area contributed by atoms with Gasteiger partial charge in [-0.15, -0.1) is 0 Å². The minimum Gasteiger partial charge on any atom is -0.423 e. The topological polar surface area (TPSA) is 61.8 Å². The van der Waals surface area contributed by atoms with Gasteiger partial charge in [0.05, 0.1) is 0 Å². The molecular weight excluding hydrogens is 295 g/mol. The van der Waals surface area contributed by atoms with Crippen molar-refractivity contribution in [3.05, 3.63) is 0 Å². The third-order valence-corrected chi connectivity index (χ3v) is 7.61. The quantitative estimate of drug-likeness (QED) is 0.332. The van der Waals surface area contributed by atoms with E-state index in [9.17, 15) is 9.36 Å². The Morgan fingerprint density at radius 3 is 2.25 bits per heavy atom. The van der Waals surface area contributed by atoms with Gasteiger partial charge >= 0.3 is 7.60 Å². The van der Waals surface area contributed by atoms with Crippen molar-refractivity contribution in [2.45, 2.75) is 45.6 Å². The van der Waals surface area contributed by atoms with Crippen molar-refractivity contribution < 1.29 is 22.8 Å². The first kappa shape index (κ1) is 20.0. The van der Waals surface area contributed by atoms with Crippen LogP contribution in [0.25, 0.3) is 0 Å². The molecule has 0 N–H and O–H groups in total. The summed E-state index contributed by atoms with van der Waals surface area (Å²) in [6.45, 7) is 9.45. The Morgan fingerprint density at radius 1 is 1.25 bits per heavy atom. The van der Waals surface area contributed by atoms with E-state index in [1.54, 1.807) is 0 Å². The van der Waals surface area contributed by atoms with Gasteiger partial charge < -0.3 is 13.5 Å². The van der Waals surface area contributed by atoms with Gasteiger partial charge in [0.2, 0.25) is 0 Å². The summed E-state index contributed by atoms with van der Waals surface area (Å²) in [5.74, 6) is 0.496. The molecular formula is C13H29O5PSi. The highest BCUT2D eigenvalue weighted by Crippen LogP contribution is 2.46. The van der Waals surface area contributed by atoms with Gasteiger partial charge in [0, 0.05) is 27.2 Å². The highest BCUT2D eigenvalue weighted by atomic mass is 31.2. The van der Waals surface area contributed by atoms with Crippen molar-refractivity contribution in [1.82, 2.24) is 0 Å². The fourth-order valence-electron chi connectivity index (χ4n) is 1.37. The summed E-state index contributed by atoms with van der Waals surface area (Å²) in [6.07, 6.45) is 0.857. The lowest BCUT2D eigenvalue weighted by atomic mass is 9.99. The molecule has 0 aromatic heterocycles. The summed E-state index contributed by atoms with van der Waals surface area (Å²) in [4.78, 5) is 11.7. The molecule has 0 aliphatic heterocycles. The Morgan fingerprint density at radius 2 is 1.80 bits per heavy atom. The van der Waals surface area contributed by atoms with Crippen LogP contribution in [0.5, 0.6) is 0 Å². The van der Waals surface area contributed by atoms with Gasteiger partial charge in [-0.05, 0) is 17.4 Å². The van der Waals surface area contributed by atoms with E-state index < -0.39 is 17.4 Å². The zero-order chi connectivity index (χ0) is 15.8. The first-order valence-corrected chi connectivity index (χ1v) is 9.98. The van der Waals surface area contributed by atoms with Crippen LogP contribution in [0.1, 0.15) is 40.5 Å². The number of hydrogen-bond donors (Lipinski definition) is 0. The van der Waals surface area contributed by atoms with Gasteiger partial charge in [-0.1, -0.05) is 27.7 Å². The lowest BCUT2D eigenvalue weighted by molar-refractivity contribution is -0.117. The van der Waals surface area contributed by atoms with Crippen LogP contribution < -0.4 is 0 Å². The Hall–Kier alpha value is -0.00312. The van der Waals surface area contributed by atoms with Crippen LogP contribution in [-0.2, 0) is 22.8 Å². The number of Topliss-reactive ketones (excluding diaryl/α,β-unsaturated/α-hetero) is 1. The van der Waals surface area contributed by atoms with E-state index in [2.05, 4.69) is 27.7 Å². The van der Waals surface area contributed by atoms with E-state index in [1.807, 2.05) is 0 Å². The van der Waals surface area contributed by atoms with Crippen molar-refractivity contribution in [1.29, 1.82) is 0 Å². The summed E-state index contributed by atoms with van der Waals surface area (Å²) < 4.78 is 27.0. The normalized spacial score (nSPS) is 13.6. The molecule has 0 fully saturated rings. The standard InChI is InChI=1S/C13H29O5PSi/c1-11(2)13(3,4)20-18-9-7-8-12(14)10-19(15,16-5)17-6/h11H,7-10,20H2,1-6H3. The SMILES string of the molecule is COP(=O)(CC(=O)CCCO[SiH2]C(C)(C)C(C)C)OC. The van der Waals surface area contributed by atoms with E-state index >= 15 is 0 Å². The molecule has 0 aromatic carbocycles. The summed E-state index contributed by atoms with van der Waals surface area (Å²) in [5.41, 5.74) is 0. The van der Waals surface area contributed by atoms with E-state index in [1.165, 1.54) is 14.2 Å². The van der Waals surface area contributed by atoms with Gasteiger partial charge in [0.25, 0.3) is 0 Å². The van der Waals surface area contributed by atoms with Gasteiger partial charge in [-0.25, -0.2) is 0 Å². The van der Waals surface area contributed by atoms with Gasteiger partial charge in [-0.3, -0.25) is 9.36 Å². The average Bonchev–Trinajstić information content (AvgIpc) is 2.37. The number of ketones is 1. The molecule has 0 unspecified atom stereocenters. The zero-order valence-corrected chi connectivity index (χ0v) is 15.9. The summed E-state index contributed by atoms with van der Waals surface area (Å²) in [7, 11) is -1.24. The van der Waals surface area contributed by atoms with Gasteiger partial charge in [0.1, 0.15) is 11.9 Å². The van der Waals surface area contributed by atoms with Crippen molar-refractivity contribution >= 4 is 23.1 Å². The number of hydrogen-bond acceptors (Lipinski definition) is 5. The van der Waals surface area contributed by atoms with Crippen LogP contribution in [0, 0.1) is 5.92 Å². The minimum absolute atomic E-state index is 0.106. The molecule has 0 aliphatic carbocycles. The van der Waals surface area contributed by atoms with E-state index in [-0.39, 0.29) is 17.0 Å². The van der Waals surface area contributed by atoms with Crippen molar-refractivity contribution in [3.8, 4) is 0 Å². The van der Waals surface area contributed by atoms with Gasteiger partial charge in [0.15, 0.2) is 9.76 Å². The molecule has 0 saturated heterocycles. The average molecular weight is 324 g/mol. The van der Waals surface area contributed by atoms with Crippen molar-refractivity contribution in [2.24, 2.45) is 5.92 Å². The molecule has 0 aromatic rings. The number of rotatable bonds is 11. The first-order valence-electron chi connectivity index (χ1n) is 6.97. The molecule has 0 bridgehead atoms. The Kier molecular flexibility index (Phi) is 9.10. The smallest absolute Gasteiger partial charge is 0.337 e. The summed E-state index contributed by atoms with van der Waals surface area (Å²) >= 11 is 0. The maximum absolute atomic E-state index is 11.8. The Balaban J connectivity index is 3.87. The molecule has 0 spiro atoms. The summed E-state index contributed by atoms with van der Waals surface area (Å²) in [6, 6.07) is 0. The molecule has 0 saturated carbocycles. The van der Waals surface area contributed by atoms with E-state index in [4.69, 9.17) is 13.5 Å². The second-order valence-electron chi connectivity index (χ2n) is 5.97. The van der Waals surface area contributed by atoms with Crippen molar-refractivity contribution in [3.63, 3.8) is 0 Å². The monoisotopic (exact) mass is 324 g/mol. The van der Waals surface area contributed by atoms with E-state index in [0.717, 1.165) is 0 Å². The van der Waals surface area contributed by atoms with Gasteiger partial charge in [-0.2, -0.15) is 0 Å². The zero-order valence-electron chi connectivity index (χ0n) is 13.6. The first-order chi connectivity index (χ1) is 9.17. The van der Waals surface area contributed by atoms with Crippen LogP contribution in [0.15, 0.2) is 0 Å². The molecule has 0 atom stereocenters. The van der Waals surface area contributed by atoms with E-state index in [0.29, 0.717) is 25.4 Å². The third-order valence-electron chi connectivity index (χ3n) is 3.71. The molecule has 20 heavy (non-hydrogen) atoms. The lowest BCUT2D eigenvalue weighted by Gasteiger charge is -2.28. The molecule has 0 rings (SSSR count). The Bertz CT molecular complexity index is 336. The predicted octanol–water partition coefficient (Wildman–Crippen LogP) is 2.78. The number of carbonyl (C=O) groups is 1.